The van der Waals surface area contributed by atoms with Gasteiger partial charge in [-0.05, 0) is 36.6 Å². The van der Waals surface area contributed by atoms with E-state index in [0.29, 0.717) is 16.7 Å². The summed E-state index contributed by atoms with van der Waals surface area (Å²) in [6, 6.07) is 8.38. The maximum atomic E-state index is 13.9. The Hall–Kier alpha value is -1.96. The second-order valence-electron chi connectivity index (χ2n) is 4.42. The Bertz CT molecular complexity index is 656. The normalized spacial score (nSPS) is 12.5. The van der Waals surface area contributed by atoms with Crippen molar-refractivity contribution in [2.75, 3.05) is 0 Å². The molecule has 0 saturated carbocycles. The summed E-state index contributed by atoms with van der Waals surface area (Å²) in [7, 11) is 0. The first-order valence-corrected chi connectivity index (χ1v) is 5.55. The van der Waals surface area contributed by atoms with E-state index in [-0.39, 0.29) is 11.6 Å². The molecule has 0 heterocycles. The van der Waals surface area contributed by atoms with Crippen molar-refractivity contribution in [3.05, 3.63) is 58.4 Å². The number of hydrogen-bond donors (Lipinski definition) is 0. The lowest BCUT2D eigenvalue weighted by Gasteiger charge is -2.08. The van der Waals surface area contributed by atoms with E-state index in [1.54, 1.807) is 18.2 Å². The van der Waals surface area contributed by atoms with Gasteiger partial charge >= 0.3 is 0 Å². The smallest absolute Gasteiger partial charge is 0.194 e. The Kier molecular flexibility index (Phi) is 1.96. The molecule has 1 aliphatic carbocycles. The highest BCUT2D eigenvalue weighted by atomic mass is 19.1. The van der Waals surface area contributed by atoms with Crippen LogP contribution in [-0.2, 0) is 0 Å². The summed E-state index contributed by atoms with van der Waals surface area (Å²) in [5, 5.41) is 0. The molecule has 0 aliphatic heterocycles. The van der Waals surface area contributed by atoms with Crippen LogP contribution in [0.2, 0.25) is 0 Å². The molecule has 1 nitrogen and oxygen atoms in total. The Labute approximate surface area is 98.9 Å². The van der Waals surface area contributed by atoms with Gasteiger partial charge < -0.3 is 0 Å². The van der Waals surface area contributed by atoms with Crippen LogP contribution in [0, 0.1) is 19.7 Å². The van der Waals surface area contributed by atoms with Crippen LogP contribution < -0.4 is 0 Å². The minimum absolute atomic E-state index is 0.0717. The van der Waals surface area contributed by atoms with Gasteiger partial charge in [-0.3, -0.25) is 4.79 Å². The van der Waals surface area contributed by atoms with Gasteiger partial charge in [-0.25, -0.2) is 4.39 Å². The maximum absolute atomic E-state index is 13.9. The van der Waals surface area contributed by atoms with Gasteiger partial charge in [0, 0.05) is 16.7 Å². The highest BCUT2D eigenvalue weighted by molar-refractivity contribution is 6.22. The van der Waals surface area contributed by atoms with Gasteiger partial charge in [0.05, 0.1) is 0 Å². The molecule has 0 atom stereocenters. The minimum atomic E-state index is -0.316. The molecule has 2 heteroatoms. The van der Waals surface area contributed by atoms with Crippen molar-refractivity contribution in [3.8, 4) is 11.1 Å². The van der Waals surface area contributed by atoms with Crippen molar-refractivity contribution < 1.29 is 9.18 Å². The molecule has 0 saturated heterocycles. The summed E-state index contributed by atoms with van der Waals surface area (Å²) in [5.74, 6) is -0.388. The minimum Gasteiger partial charge on any atom is -0.289 e. The Morgan fingerprint density at radius 2 is 1.65 bits per heavy atom. The third-order valence-electron chi connectivity index (χ3n) is 3.49. The van der Waals surface area contributed by atoms with E-state index in [9.17, 15) is 9.18 Å². The summed E-state index contributed by atoms with van der Waals surface area (Å²) in [6.45, 7) is 3.90. The number of benzene rings is 2. The van der Waals surface area contributed by atoms with Crippen molar-refractivity contribution >= 4 is 5.78 Å². The third kappa shape index (κ3) is 1.21. The summed E-state index contributed by atoms with van der Waals surface area (Å²) < 4.78 is 13.9. The van der Waals surface area contributed by atoms with Crippen molar-refractivity contribution in [2.24, 2.45) is 0 Å². The number of aryl methyl sites for hydroxylation is 1. The quantitative estimate of drug-likeness (QED) is 0.571. The molecular formula is C15H11FO. The zero-order valence-electron chi connectivity index (χ0n) is 9.67. The zero-order chi connectivity index (χ0) is 12.2. The summed E-state index contributed by atoms with van der Waals surface area (Å²) >= 11 is 0. The second kappa shape index (κ2) is 3.27. The van der Waals surface area contributed by atoms with Gasteiger partial charge in [0.25, 0.3) is 0 Å². The van der Waals surface area contributed by atoms with Crippen molar-refractivity contribution in [3.63, 3.8) is 0 Å². The molecule has 84 valence electrons. The van der Waals surface area contributed by atoms with Crippen LogP contribution >= 0.6 is 0 Å². The van der Waals surface area contributed by atoms with Gasteiger partial charge in [0.15, 0.2) is 5.78 Å². The van der Waals surface area contributed by atoms with E-state index in [4.69, 9.17) is 0 Å². The van der Waals surface area contributed by atoms with Gasteiger partial charge in [-0.2, -0.15) is 0 Å². The van der Waals surface area contributed by atoms with Gasteiger partial charge in [0.1, 0.15) is 5.82 Å². The first-order valence-electron chi connectivity index (χ1n) is 5.55. The average Bonchev–Trinajstić information content (AvgIpc) is 2.60. The summed E-state index contributed by atoms with van der Waals surface area (Å²) in [5.41, 5.74) is 4.39. The summed E-state index contributed by atoms with van der Waals surface area (Å²) in [4.78, 5) is 12.1. The molecule has 0 unspecified atom stereocenters. The molecule has 2 aromatic carbocycles. The Morgan fingerprint density at radius 3 is 2.41 bits per heavy atom. The lowest BCUT2D eigenvalue weighted by Crippen LogP contribution is -1.95. The van der Waals surface area contributed by atoms with E-state index in [0.717, 1.165) is 16.7 Å². The molecule has 0 fully saturated rings. The van der Waals surface area contributed by atoms with Crippen LogP contribution in [-0.4, -0.2) is 5.78 Å². The zero-order valence-corrected chi connectivity index (χ0v) is 9.67. The number of carbonyl (C=O) groups is 1. The van der Waals surface area contributed by atoms with E-state index in [2.05, 4.69) is 0 Å². The molecular weight excluding hydrogens is 215 g/mol. The predicted octanol–water partition coefficient (Wildman–Crippen LogP) is 3.65. The molecule has 17 heavy (non-hydrogen) atoms. The van der Waals surface area contributed by atoms with Crippen molar-refractivity contribution in [1.29, 1.82) is 0 Å². The highest BCUT2D eigenvalue weighted by Crippen LogP contribution is 2.41. The fraction of sp³-hybridized carbons (Fsp3) is 0.133. The number of carbonyl (C=O) groups excluding carboxylic acids is 1. The average molecular weight is 226 g/mol. The van der Waals surface area contributed by atoms with E-state index in [1.165, 1.54) is 6.07 Å². The first kappa shape index (κ1) is 10.2. The number of halogens is 1. The molecule has 0 radical (unpaired) electrons. The van der Waals surface area contributed by atoms with Crippen LogP contribution in [0.1, 0.15) is 27.0 Å². The van der Waals surface area contributed by atoms with Crippen LogP contribution in [0.25, 0.3) is 11.1 Å². The van der Waals surface area contributed by atoms with E-state index < -0.39 is 0 Å². The van der Waals surface area contributed by atoms with Crippen LogP contribution in [0.3, 0.4) is 0 Å². The van der Waals surface area contributed by atoms with Gasteiger partial charge in [-0.1, -0.05) is 24.3 Å². The lowest BCUT2D eigenvalue weighted by atomic mass is 9.96. The molecule has 0 aromatic heterocycles. The number of fused-ring (bicyclic) bond motifs is 3. The second-order valence-corrected chi connectivity index (χ2v) is 4.42. The lowest BCUT2D eigenvalue weighted by molar-refractivity contribution is 0.104. The molecule has 0 bridgehead atoms. The molecule has 2 aromatic rings. The highest BCUT2D eigenvalue weighted by Gasteiger charge is 2.30. The monoisotopic (exact) mass is 226 g/mol. The standard InChI is InChI=1S/C15H11FO/c1-8-6-7-11-13(9(8)2)14-10(15(11)17)4-3-5-12(14)16/h3-7H,1-2H3. The van der Waals surface area contributed by atoms with E-state index >= 15 is 0 Å². The number of ketones is 1. The SMILES string of the molecule is Cc1ccc2c(c1C)-c1c(F)cccc1C2=O. The van der Waals surface area contributed by atoms with Crippen LogP contribution in [0.4, 0.5) is 4.39 Å². The van der Waals surface area contributed by atoms with Crippen molar-refractivity contribution in [1.82, 2.24) is 0 Å². The number of rotatable bonds is 0. The first-order chi connectivity index (χ1) is 8.11. The van der Waals surface area contributed by atoms with Crippen LogP contribution in [0.5, 0.6) is 0 Å². The Morgan fingerprint density at radius 1 is 0.941 bits per heavy atom. The number of hydrogen-bond acceptors (Lipinski definition) is 1. The van der Waals surface area contributed by atoms with Gasteiger partial charge in [0.2, 0.25) is 0 Å². The largest absolute Gasteiger partial charge is 0.289 e. The van der Waals surface area contributed by atoms with E-state index in [1.807, 2.05) is 19.9 Å². The fourth-order valence-electron chi connectivity index (χ4n) is 2.44. The molecule has 1 aliphatic rings. The predicted molar refractivity (Wildman–Crippen MR) is 64.7 cm³/mol. The maximum Gasteiger partial charge on any atom is 0.194 e. The van der Waals surface area contributed by atoms with Gasteiger partial charge in [-0.15, -0.1) is 0 Å². The van der Waals surface area contributed by atoms with Crippen molar-refractivity contribution in [2.45, 2.75) is 13.8 Å². The molecule has 0 amide bonds. The topological polar surface area (TPSA) is 17.1 Å². The molecule has 3 rings (SSSR count). The fourth-order valence-corrected chi connectivity index (χ4v) is 2.44. The molecule has 0 spiro atoms. The summed E-state index contributed by atoms with van der Waals surface area (Å²) in [6.07, 6.45) is 0. The van der Waals surface area contributed by atoms with Crippen LogP contribution in [0.15, 0.2) is 30.3 Å². The molecule has 0 N–H and O–H groups in total. The Balaban J connectivity index is 2.48. The third-order valence-corrected chi connectivity index (χ3v) is 3.49.